The third-order valence-corrected chi connectivity index (χ3v) is 7.43. The van der Waals surface area contributed by atoms with E-state index in [4.69, 9.17) is 12.6 Å². The van der Waals surface area contributed by atoms with Gasteiger partial charge in [0.15, 0.2) is 0 Å². The molecule has 0 aromatic heterocycles. The molecular weight excluding hydrogens is 380 g/mol. The van der Waals surface area contributed by atoms with Crippen molar-refractivity contribution in [1.29, 1.82) is 0 Å². The van der Waals surface area contributed by atoms with Crippen LogP contribution in [0.1, 0.15) is 175 Å². The molecular formula is C29H60S. The van der Waals surface area contributed by atoms with Crippen LogP contribution in [-0.4, -0.2) is 4.75 Å². The highest BCUT2D eigenvalue weighted by molar-refractivity contribution is 7.81. The topological polar surface area (TPSA) is 0 Å². The Bertz CT molecular complexity index is 317. The fourth-order valence-electron chi connectivity index (χ4n) is 4.78. The molecule has 0 aliphatic carbocycles. The van der Waals surface area contributed by atoms with Gasteiger partial charge in [0.2, 0.25) is 0 Å². The van der Waals surface area contributed by atoms with Crippen molar-refractivity contribution in [2.24, 2.45) is 5.92 Å². The van der Waals surface area contributed by atoms with E-state index in [1.165, 1.54) is 148 Å². The average molecular weight is 441 g/mol. The summed E-state index contributed by atoms with van der Waals surface area (Å²) in [6, 6.07) is 0. The molecule has 0 bridgehead atoms. The lowest BCUT2D eigenvalue weighted by Gasteiger charge is -2.30. The predicted molar refractivity (Wildman–Crippen MR) is 144 cm³/mol. The Morgan fingerprint density at radius 1 is 0.433 bits per heavy atom. The van der Waals surface area contributed by atoms with Crippen LogP contribution in [-0.2, 0) is 0 Å². The predicted octanol–water partition coefficient (Wildman–Crippen LogP) is 11.3. The molecule has 0 fully saturated rings. The molecule has 0 saturated heterocycles. The molecule has 0 amide bonds. The van der Waals surface area contributed by atoms with Crippen molar-refractivity contribution in [3.63, 3.8) is 0 Å². The van der Waals surface area contributed by atoms with Crippen LogP contribution in [0.4, 0.5) is 0 Å². The van der Waals surface area contributed by atoms with Gasteiger partial charge in [0.25, 0.3) is 0 Å². The molecule has 0 nitrogen and oxygen atoms in total. The lowest BCUT2D eigenvalue weighted by molar-refractivity contribution is 0.342. The van der Waals surface area contributed by atoms with E-state index >= 15 is 0 Å². The minimum Gasteiger partial charge on any atom is -0.173 e. The van der Waals surface area contributed by atoms with E-state index in [0.29, 0.717) is 0 Å². The molecule has 1 unspecified atom stereocenters. The summed E-state index contributed by atoms with van der Waals surface area (Å²) in [5, 5.41) is 0. The summed E-state index contributed by atoms with van der Waals surface area (Å²) in [6.45, 7) is 9.29. The summed E-state index contributed by atoms with van der Waals surface area (Å²) in [5.41, 5.74) is 0. The Morgan fingerprint density at radius 3 is 0.900 bits per heavy atom. The summed E-state index contributed by atoms with van der Waals surface area (Å²) < 4.78 is 0.193. The lowest BCUT2D eigenvalue weighted by atomic mass is 9.85. The van der Waals surface area contributed by atoms with Gasteiger partial charge >= 0.3 is 0 Å². The number of thiol groups is 1. The van der Waals surface area contributed by atoms with Crippen LogP contribution in [0.2, 0.25) is 0 Å². The normalized spacial score (nSPS) is 13.1. The molecule has 0 rings (SSSR count). The second-order valence-corrected chi connectivity index (χ2v) is 11.8. The van der Waals surface area contributed by atoms with Crippen LogP contribution in [0.3, 0.4) is 0 Å². The molecule has 1 atom stereocenters. The maximum absolute atomic E-state index is 4.95. The van der Waals surface area contributed by atoms with E-state index in [1.54, 1.807) is 0 Å². The molecule has 0 aromatic carbocycles. The third kappa shape index (κ3) is 21.6. The van der Waals surface area contributed by atoms with Crippen LogP contribution >= 0.6 is 12.6 Å². The molecule has 182 valence electrons. The van der Waals surface area contributed by atoms with E-state index in [1.807, 2.05) is 0 Å². The van der Waals surface area contributed by atoms with Crippen molar-refractivity contribution in [2.45, 2.75) is 180 Å². The smallest absolute Gasteiger partial charge is 0.0101 e. The van der Waals surface area contributed by atoms with Crippen LogP contribution in [0.25, 0.3) is 0 Å². The van der Waals surface area contributed by atoms with Crippen molar-refractivity contribution >= 4 is 12.6 Å². The fourth-order valence-corrected chi connectivity index (χ4v) is 5.04. The standard InChI is InChI=1S/C29H60S/c1-5-7-9-11-13-15-16-17-18-19-21-23-25-27-28(29(3,4)30)26-24-22-20-14-12-10-8-6-2/h28,30H,5-27H2,1-4H3. The Labute approximate surface area is 198 Å². The van der Waals surface area contributed by atoms with Gasteiger partial charge in [-0.15, -0.1) is 0 Å². The Morgan fingerprint density at radius 2 is 0.667 bits per heavy atom. The SMILES string of the molecule is CCCCCCCCCCCCCCCC(CCCCCCCCCC)C(C)(C)S. The summed E-state index contributed by atoms with van der Waals surface area (Å²) in [4.78, 5) is 0. The number of rotatable bonds is 24. The second kappa shape index (κ2) is 22.5. The highest BCUT2D eigenvalue weighted by Crippen LogP contribution is 2.33. The van der Waals surface area contributed by atoms with E-state index in [9.17, 15) is 0 Å². The van der Waals surface area contributed by atoms with Gasteiger partial charge in [0, 0.05) is 4.75 Å². The summed E-state index contributed by atoms with van der Waals surface area (Å²) in [5.74, 6) is 0.800. The van der Waals surface area contributed by atoms with Crippen molar-refractivity contribution in [3.05, 3.63) is 0 Å². The maximum Gasteiger partial charge on any atom is 0.0101 e. The van der Waals surface area contributed by atoms with E-state index in [-0.39, 0.29) is 4.75 Å². The molecule has 1 heteroatoms. The first-order valence-corrected chi connectivity index (χ1v) is 14.7. The molecule has 0 aromatic rings. The van der Waals surface area contributed by atoms with Crippen LogP contribution < -0.4 is 0 Å². The van der Waals surface area contributed by atoms with E-state index in [0.717, 1.165) is 5.92 Å². The monoisotopic (exact) mass is 440 g/mol. The second-order valence-electron chi connectivity index (χ2n) is 10.6. The molecule has 0 aliphatic rings. The lowest BCUT2D eigenvalue weighted by Crippen LogP contribution is -2.24. The van der Waals surface area contributed by atoms with Crippen LogP contribution in [0, 0.1) is 5.92 Å². The molecule has 0 heterocycles. The fraction of sp³-hybridized carbons (Fsp3) is 1.00. The summed E-state index contributed by atoms with van der Waals surface area (Å²) >= 11 is 4.95. The molecule has 0 radical (unpaired) electrons. The molecule has 0 saturated carbocycles. The molecule has 30 heavy (non-hydrogen) atoms. The quantitative estimate of drug-likeness (QED) is 0.112. The highest BCUT2D eigenvalue weighted by atomic mass is 32.1. The number of hydrogen-bond acceptors (Lipinski definition) is 1. The Kier molecular flexibility index (Phi) is 22.8. The van der Waals surface area contributed by atoms with Gasteiger partial charge in [0.05, 0.1) is 0 Å². The summed E-state index contributed by atoms with van der Waals surface area (Å²) in [6.07, 6.45) is 33.1. The van der Waals surface area contributed by atoms with Gasteiger partial charge in [-0.25, -0.2) is 0 Å². The van der Waals surface area contributed by atoms with Crippen molar-refractivity contribution in [2.75, 3.05) is 0 Å². The Balaban J connectivity index is 3.56. The zero-order valence-electron chi connectivity index (χ0n) is 21.8. The van der Waals surface area contributed by atoms with Crippen molar-refractivity contribution < 1.29 is 0 Å². The third-order valence-electron chi connectivity index (χ3n) is 7.06. The first-order valence-electron chi connectivity index (χ1n) is 14.2. The first-order chi connectivity index (χ1) is 14.5. The largest absolute Gasteiger partial charge is 0.173 e. The van der Waals surface area contributed by atoms with E-state index in [2.05, 4.69) is 27.7 Å². The number of hydrogen-bond donors (Lipinski definition) is 1. The zero-order chi connectivity index (χ0) is 22.3. The van der Waals surface area contributed by atoms with Crippen molar-refractivity contribution in [3.8, 4) is 0 Å². The minimum atomic E-state index is 0.193. The molecule has 0 aliphatic heterocycles. The highest BCUT2D eigenvalue weighted by Gasteiger charge is 2.24. The maximum atomic E-state index is 4.95. The van der Waals surface area contributed by atoms with Gasteiger partial charge < -0.3 is 0 Å². The zero-order valence-corrected chi connectivity index (χ0v) is 22.7. The van der Waals surface area contributed by atoms with Gasteiger partial charge in [-0.1, -0.05) is 163 Å². The van der Waals surface area contributed by atoms with Crippen LogP contribution in [0.5, 0.6) is 0 Å². The van der Waals surface area contributed by atoms with Gasteiger partial charge in [0.1, 0.15) is 0 Å². The molecule has 0 spiro atoms. The van der Waals surface area contributed by atoms with Gasteiger partial charge in [-0.2, -0.15) is 12.6 Å². The first kappa shape index (κ1) is 30.4. The van der Waals surface area contributed by atoms with E-state index < -0.39 is 0 Å². The van der Waals surface area contributed by atoms with Gasteiger partial charge in [-0.3, -0.25) is 0 Å². The average Bonchev–Trinajstić information content (AvgIpc) is 2.70. The number of unbranched alkanes of at least 4 members (excludes halogenated alkanes) is 19. The van der Waals surface area contributed by atoms with Crippen molar-refractivity contribution in [1.82, 2.24) is 0 Å². The summed E-state index contributed by atoms with van der Waals surface area (Å²) in [7, 11) is 0. The van der Waals surface area contributed by atoms with Gasteiger partial charge in [-0.05, 0) is 18.8 Å². The molecule has 0 N–H and O–H groups in total. The minimum absolute atomic E-state index is 0.193. The Hall–Kier alpha value is 0.350. The van der Waals surface area contributed by atoms with Crippen LogP contribution in [0.15, 0.2) is 0 Å².